The number of aliphatic carboxylic acids is 1. The van der Waals surface area contributed by atoms with E-state index in [4.69, 9.17) is 14.2 Å². The predicted octanol–water partition coefficient (Wildman–Crippen LogP) is 6.78. The van der Waals surface area contributed by atoms with E-state index in [0.717, 1.165) is 97.1 Å². The monoisotopic (exact) mass is 672 g/mol. The summed E-state index contributed by atoms with van der Waals surface area (Å²) in [7, 11) is 0. The number of ether oxygens (including phenoxy) is 3. The molecule has 1 aliphatic heterocycles. The van der Waals surface area contributed by atoms with E-state index in [0.29, 0.717) is 30.9 Å². The van der Waals surface area contributed by atoms with Crippen LogP contribution < -0.4 is 5.32 Å². The topological polar surface area (TPSA) is 114 Å². The number of alkyl carbamates (subject to hydrolysis) is 1. The van der Waals surface area contributed by atoms with Gasteiger partial charge < -0.3 is 24.6 Å². The summed E-state index contributed by atoms with van der Waals surface area (Å²) in [5.74, 6) is 1.00. The molecule has 1 amide bonds. The van der Waals surface area contributed by atoms with Gasteiger partial charge in [-0.1, -0.05) is 41.5 Å². The maximum Gasteiger partial charge on any atom is 0.407 e. The molecular formula is C39H64N2O7. The van der Waals surface area contributed by atoms with Gasteiger partial charge in [0.05, 0.1) is 25.2 Å². The lowest BCUT2D eigenvalue weighted by Crippen LogP contribution is -2.67. The Morgan fingerprint density at radius 1 is 0.896 bits per heavy atom. The predicted molar refractivity (Wildman–Crippen MR) is 183 cm³/mol. The molecule has 5 unspecified atom stereocenters. The van der Waals surface area contributed by atoms with Crippen LogP contribution >= 0.6 is 0 Å². The van der Waals surface area contributed by atoms with Gasteiger partial charge in [-0.05, 0) is 116 Å². The molecule has 6 rings (SSSR count). The molecule has 1 heterocycles. The number of carboxylic acid groups (broad SMARTS) is 1. The normalized spacial score (nSPS) is 44.2. The molecule has 11 atom stereocenters. The number of nitrogens with zero attached hydrogens (tertiary/aromatic N) is 1. The summed E-state index contributed by atoms with van der Waals surface area (Å²) < 4.78 is 17.1. The number of carbonyl (C=O) groups is 3. The fraction of sp³-hybridized carbons (Fsp3) is 0.923. The van der Waals surface area contributed by atoms with E-state index in [9.17, 15) is 19.5 Å². The number of fused-ring (bicyclic) bond motifs is 7. The summed E-state index contributed by atoms with van der Waals surface area (Å²) in [5.41, 5.74) is -0.441. The van der Waals surface area contributed by atoms with Crippen molar-refractivity contribution in [1.29, 1.82) is 0 Å². The zero-order valence-corrected chi connectivity index (χ0v) is 30.9. The number of hydrogen-bond donors (Lipinski definition) is 2. The van der Waals surface area contributed by atoms with Gasteiger partial charge in [-0.3, -0.25) is 14.5 Å². The lowest BCUT2D eigenvalue weighted by Gasteiger charge is -2.72. The molecule has 5 aliphatic carbocycles. The van der Waals surface area contributed by atoms with E-state index in [2.05, 4.69) is 51.8 Å². The molecule has 0 aromatic rings. The fourth-order valence-corrected chi connectivity index (χ4v) is 13.6. The molecule has 0 bridgehead atoms. The second-order valence-corrected chi connectivity index (χ2v) is 18.3. The van der Waals surface area contributed by atoms with E-state index in [1.807, 2.05) is 0 Å². The SMILES string of the molecule is CC(=O)O[C@@H]1CC[C@@]2(C)C(CC[C@]3(C)C2CCC2C4[C@H](C(C)COC(=O)NCCN5CCOCC5)CC[C@]4(C(=O)O)CC[C@]23C)C1(C)C. The van der Waals surface area contributed by atoms with Crippen LogP contribution in [0.25, 0.3) is 0 Å². The number of hydrogen-bond acceptors (Lipinski definition) is 7. The summed E-state index contributed by atoms with van der Waals surface area (Å²) in [6.07, 6.45) is 9.37. The van der Waals surface area contributed by atoms with Crippen LogP contribution in [0.15, 0.2) is 0 Å². The van der Waals surface area contributed by atoms with Gasteiger partial charge in [0.25, 0.3) is 0 Å². The Morgan fingerprint density at radius 3 is 2.31 bits per heavy atom. The third kappa shape index (κ3) is 5.69. The Hall–Kier alpha value is -1.87. The first-order chi connectivity index (χ1) is 22.6. The van der Waals surface area contributed by atoms with Crippen LogP contribution in [0.4, 0.5) is 4.79 Å². The highest BCUT2D eigenvalue weighted by Crippen LogP contribution is 2.77. The zero-order chi connectivity index (χ0) is 34.7. The van der Waals surface area contributed by atoms with Crippen LogP contribution in [0.1, 0.15) is 113 Å². The van der Waals surface area contributed by atoms with Crippen molar-refractivity contribution in [2.45, 2.75) is 119 Å². The van der Waals surface area contributed by atoms with Gasteiger partial charge in [0.1, 0.15) is 6.10 Å². The zero-order valence-electron chi connectivity index (χ0n) is 30.9. The van der Waals surface area contributed by atoms with Crippen molar-refractivity contribution in [3.8, 4) is 0 Å². The van der Waals surface area contributed by atoms with Gasteiger partial charge in [0, 0.05) is 38.5 Å². The molecule has 2 N–H and O–H groups in total. The largest absolute Gasteiger partial charge is 0.481 e. The first-order valence-electron chi connectivity index (χ1n) is 19.2. The van der Waals surface area contributed by atoms with Crippen molar-refractivity contribution in [2.75, 3.05) is 46.0 Å². The third-order valence-corrected chi connectivity index (χ3v) is 16.2. The molecular weight excluding hydrogens is 608 g/mol. The number of carboxylic acids is 1. The van der Waals surface area contributed by atoms with E-state index < -0.39 is 11.4 Å². The summed E-state index contributed by atoms with van der Waals surface area (Å²) >= 11 is 0. The first kappa shape index (κ1) is 35.9. The van der Waals surface area contributed by atoms with Gasteiger partial charge in [-0.15, -0.1) is 0 Å². The second-order valence-electron chi connectivity index (χ2n) is 18.3. The van der Waals surface area contributed by atoms with Crippen LogP contribution in [0.2, 0.25) is 0 Å². The van der Waals surface area contributed by atoms with Gasteiger partial charge in [0.2, 0.25) is 0 Å². The lowest BCUT2D eigenvalue weighted by atomic mass is 9.32. The minimum Gasteiger partial charge on any atom is -0.481 e. The minimum absolute atomic E-state index is 0.0370. The molecule has 0 aromatic heterocycles. The molecule has 6 fully saturated rings. The van der Waals surface area contributed by atoms with Crippen molar-refractivity contribution >= 4 is 18.0 Å². The summed E-state index contributed by atoms with van der Waals surface area (Å²) in [6, 6.07) is 0. The minimum atomic E-state index is -0.683. The first-order valence-corrected chi connectivity index (χ1v) is 19.2. The van der Waals surface area contributed by atoms with Crippen LogP contribution in [0.5, 0.6) is 0 Å². The summed E-state index contributed by atoms with van der Waals surface area (Å²) in [5, 5.41) is 13.8. The molecule has 48 heavy (non-hydrogen) atoms. The Labute approximate surface area is 289 Å². The average molecular weight is 673 g/mol. The lowest BCUT2D eigenvalue weighted by molar-refractivity contribution is -0.251. The van der Waals surface area contributed by atoms with Crippen LogP contribution in [-0.4, -0.2) is 80.1 Å². The van der Waals surface area contributed by atoms with E-state index in [-0.39, 0.29) is 57.6 Å². The van der Waals surface area contributed by atoms with Crippen LogP contribution in [0, 0.1) is 62.6 Å². The summed E-state index contributed by atoms with van der Waals surface area (Å²) in [6.45, 7) is 20.9. The van der Waals surface area contributed by atoms with Crippen LogP contribution in [-0.2, 0) is 23.8 Å². The molecule has 9 nitrogen and oxygen atoms in total. The van der Waals surface area contributed by atoms with E-state index in [1.54, 1.807) is 0 Å². The average Bonchev–Trinajstić information content (AvgIpc) is 3.43. The number of nitrogens with one attached hydrogen (secondary N) is 1. The van der Waals surface area contributed by atoms with Gasteiger partial charge in [-0.25, -0.2) is 4.79 Å². The Morgan fingerprint density at radius 2 is 1.62 bits per heavy atom. The van der Waals surface area contributed by atoms with Crippen molar-refractivity contribution < 1.29 is 33.7 Å². The standard InChI is InChI=1S/C39H64N2O7/c1-25(24-47-34(45)40-18-19-41-20-22-46-23-21-41)27-10-15-39(33(43)44)17-16-37(6)28(32(27)39)8-9-30-36(5)13-12-31(48-26(2)42)35(3,4)29(36)11-14-38(30,37)7/h25,27-32H,8-24H2,1-7H3,(H,40,45)(H,43,44)/t25?,27-,28?,29?,30?,31+,32?,36-,37+,38+,39-/m0/s1. The van der Waals surface area contributed by atoms with E-state index in [1.165, 1.54) is 6.92 Å². The second kappa shape index (κ2) is 13.0. The number of carbonyl (C=O) groups excluding carboxylic acids is 2. The number of morpholine rings is 1. The Bertz CT molecular complexity index is 1230. The smallest absolute Gasteiger partial charge is 0.407 e. The number of amides is 1. The van der Waals surface area contributed by atoms with E-state index >= 15 is 0 Å². The molecule has 5 saturated carbocycles. The fourth-order valence-electron chi connectivity index (χ4n) is 13.6. The molecule has 0 spiro atoms. The van der Waals surface area contributed by atoms with Gasteiger partial charge >= 0.3 is 18.0 Å². The van der Waals surface area contributed by atoms with Gasteiger partial charge in [0.15, 0.2) is 0 Å². The quantitative estimate of drug-likeness (QED) is 0.272. The van der Waals surface area contributed by atoms with Crippen LogP contribution in [0.3, 0.4) is 0 Å². The highest BCUT2D eigenvalue weighted by atomic mass is 16.6. The summed E-state index contributed by atoms with van der Waals surface area (Å²) in [4.78, 5) is 40.3. The Balaban J connectivity index is 1.18. The molecule has 272 valence electrons. The van der Waals surface area contributed by atoms with Crippen molar-refractivity contribution in [2.24, 2.45) is 62.6 Å². The molecule has 9 heteroatoms. The number of esters is 1. The maximum absolute atomic E-state index is 13.3. The van der Waals surface area contributed by atoms with Crippen molar-refractivity contribution in [3.05, 3.63) is 0 Å². The molecule has 6 aliphatic rings. The number of rotatable bonds is 8. The highest BCUT2D eigenvalue weighted by Gasteiger charge is 2.72. The molecule has 1 saturated heterocycles. The third-order valence-electron chi connectivity index (χ3n) is 16.2. The van der Waals surface area contributed by atoms with Crippen molar-refractivity contribution in [1.82, 2.24) is 10.2 Å². The maximum atomic E-state index is 13.3. The Kier molecular flexibility index (Phi) is 9.76. The highest BCUT2D eigenvalue weighted by molar-refractivity contribution is 5.76. The molecule has 0 radical (unpaired) electrons. The molecule has 0 aromatic carbocycles. The van der Waals surface area contributed by atoms with Gasteiger partial charge in [-0.2, -0.15) is 0 Å². The van der Waals surface area contributed by atoms with Crippen molar-refractivity contribution in [3.63, 3.8) is 0 Å².